The molecule has 0 radical (unpaired) electrons. The van der Waals surface area contributed by atoms with Crippen LogP contribution >= 0.6 is 0 Å². The Morgan fingerprint density at radius 1 is 0.309 bits per heavy atom. The Balaban J connectivity index is 1.03. The molecule has 2 aromatic heterocycles. The minimum absolute atomic E-state index is 0.889. The number of hydrogen-bond donors (Lipinski definition) is 0. The Labute approximate surface area is 317 Å². The van der Waals surface area contributed by atoms with Gasteiger partial charge in [0.25, 0.3) is 0 Å². The average molecular weight is 704 g/mol. The highest BCUT2D eigenvalue weighted by molar-refractivity contribution is 6.13. The van der Waals surface area contributed by atoms with Crippen LogP contribution in [0.3, 0.4) is 0 Å². The zero-order chi connectivity index (χ0) is 36.3. The van der Waals surface area contributed by atoms with Crippen molar-refractivity contribution in [2.45, 2.75) is 0 Å². The average Bonchev–Trinajstić information content (AvgIpc) is 3.83. The predicted octanol–water partition coefficient (Wildman–Crippen LogP) is 15.1. The third kappa shape index (κ3) is 5.28. The molecule has 0 amide bonds. The molecule has 0 aliphatic carbocycles. The molecule has 0 spiro atoms. The van der Waals surface area contributed by atoms with Gasteiger partial charge in [-0.1, -0.05) is 140 Å². The van der Waals surface area contributed by atoms with Crippen LogP contribution in [0.2, 0.25) is 0 Å². The van der Waals surface area contributed by atoms with E-state index in [0.29, 0.717) is 0 Å². The minimum atomic E-state index is 0.889. The van der Waals surface area contributed by atoms with Crippen molar-refractivity contribution in [2.75, 3.05) is 4.90 Å². The third-order valence-electron chi connectivity index (χ3n) is 10.9. The molecule has 11 aromatic rings. The second-order valence-corrected chi connectivity index (χ2v) is 14.1. The van der Waals surface area contributed by atoms with E-state index in [1.54, 1.807) is 0 Å². The first kappa shape index (κ1) is 31.2. The highest BCUT2D eigenvalue weighted by Crippen LogP contribution is 2.42. The first-order valence-electron chi connectivity index (χ1n) is 18.7. The van der Waals surface area contributed by atoms with E-state index in [4.69, 9.17) is 8.83 Å². The lowest BCUT2D eigenvalue weighted by atomic mass is 9.98. The van der Waals surface area contributed by atoms with Gasteiger partial charge in [-0.05, 0) is 99.3 Å². The van der Waals surface area contributed by atoms with Crippen molar-refractivity contribution in [3.05, 3.63) is 200 Å². The maximum atomic E-state index is 6.42. The Morgan fingerprint density at radius 2 is 0.909 bits per heavy atom. The van der Waals surface area contributed by atoms with Crippen molar-refractivity contribution in [3.63, 3.8) is 0 Å². The summed E-state index contributed by atoms with van der Waals surface area (Å²) in [5.41, 5.74) is 13.6. The lowest BCUT2D eigenvalue weighted by Crippen LogP contribution is -2.10. The van der Waals surface area contributed by atoms with Crippen molar-refractivity contribution in [3.8, 4) is 33.4 Å². The molecular weight excluding hydrogens is 671 g/mol. The van der Waals surface area contributed by atoms with Gasteiger partial charge in [-0.3, -0.25) is 0 Å². The summed E-state index contributed by atoms with van der Waals surface area (Å²) in [5.74, 6) is 0. The third-order valence-corrected chi connectivity index (χ3v) is 10.9. The van der Waals surface area contributed by atoms with Crippen LogP contribution in [0.1, 0.15) is 0 Å². The molecule has 3 nitrogen and oxygen atoms in total. The fourth-order valence-corrected chi connectivity index (χ4v) is 8.21. The molecule has 11 rings (SSSR count). The second kappa shape index (κ2) is 12.6. The minimum Gasteiger partial charge on any atom is -0.456 e. The van der Waals surface area contributed by atoms with E-state index >= 15 is 0 Å². The quantitative estimate of drug-likeness (QED) is 0.173. The summed E-state index contributed by atoms with van der Waals surface area (Å²) in [5, 5.41) is 6.99. The molecule has 0 saturated carbocycles. The number of anilines is 3. The van der Waals surface area contributed by atoms with Crippen LogP contribution in [0.5, 0.6) is 0 Å². The van der Waals surface area contributed by atoms with Gasteiger partial charge in [-0.2, -0.15) is 0 Å². The molecule has 3 heteroatoms. The van der Waals surface area contributed by atoms with E-state index < -0.39 is 0 Å². The highest BCUT2D eigenvalue weighted by atomic mass is 16.3. The standard InChI is InChI=1S/C52H33NO2/c1-2-11-37-32-38(23-22-34(37)10-1)35-24-28-40(29-25-35)53(41-30-26-36(27-31-41)44-17-8-18-46-45-14-3-5-19-48(45)55-52(44)46)42-13-7-12-39(33-42)43-16-9-21-50-51(43)47-15-4-6-20-49(47)54-50/h1-33H. The van der Waals surface area contributed by atoms with Crippen molar-refractivity contribution in [2.24, 2.45) is 0 Å². The molecule has 0 N–H and O–H groups in total. The molecule has 2 heterocycles. The summed E-state index contributed by atoms with van der Waals surface area (Å²) in [6.07, 6.45) is 0. The molecule has 0 fully saturated rings. The Hall–Kier alpha value is -7.36. The van der Waals surface area contributed by atoms with Gasteiger partial charge in [0.05, 0.1) is 0 Å². The maximum absolute atomic E-state index is 6.42. The molecule has 0 atom stereocenters. The van der Waals surface area contributed by atoms with Crippen molar-refractivity contribution < 1.29 is 8.83 Å². The van der Waals surface area contributed by atoms with E-state index in [1.807, 2.05) is 24.3 Å². The Bertz CT molecular complexity index is 3200. The highest BCUT2D eigenvalue weighted by Gasteiger charge is 2.18. The molecule has 0 aliphatic heterocycles. The van der Waals surface area contributed by atoms with E-state index in [2.05, 4.69) is 181 Å². The van der Waals surface area contributed by atoms with Crippen LogP contribution in [0.15, 0.2) is 209 Å². The molecule has 258 valence electrons. The summed E-state index contributed by atoms with van der Waals surface area (Å²) in [7, 11) is 0. The molecule has 0 saturated heterocycles. The van der Waals surface area contributed by atoms with Gasteiger partial charge in [0, 0.05) is 44.2 Å². The van der Waals surface area contributed by atoms with Gasteiger partial charge in [0.1, 0.15) is 22.3 Å². The molecule has 55 heavy (non-hydrogen) atoms. The Kier molecular flexibility index (Phi) is 7.17. The number of nitrogens with zero attached hydrogens (tertiary/aromatic N) is 1. The summed E-state index contributed by atoms with van der Waals surface area (Å²) in [6.45, 7) is 0. The number of para-hydroxylation sites is 3. The molecule has 9 aromatic carbocycles. The normalized spacial score (nSPS) is 11.6. The largest absolute Gasteiger partial charge is 0.456 e. The van der Waals surface area contributed by atoms with Gasteiger partial charge >= 0.3 is 0 Å². The number of hydrogen-bond acceptors (Lipinski definition) is 3. The van der Waals surface area contributed by atoms with E-state index in [-0.39, 0.29) is 0 Å². The van der Waals surface area contributed by atoms with Crippen LogP contribution in [-0.2, 0) is 0 Å². The molecular formula is C52H33NO2. The molecule has 0 unspecified atom stereocenters. The topological polar surface area (TPSA) is 29.5 Å². The van der Waals surface area contributed by atoms with Crippen molar-refractivity contribution in [1.82, 2.24) is 0 Å². The zero-order valence-corrected chi connectivity index (χ0v) is 29.8. The van der Waals surface area contributed by atoms with Crippen LogP contribution in [0.4, 0.5) is 17.1 Å². The zero-order valence-electron chi connectivity index (χ0n) is 29.8. The van der Waals surface area contributed by atoms with Crippen LogP contribution < -0.4 is 4.90 Å². The Morgan fingerprint density at radius 3 is 1.73 bits per heavy atom. The predicted molar refractivity (Wildman–Crippen MR) is 229 cm³/mol. The lowest BCUT2D eigenvalue weighted by Gasteiger charge is -2.26. The van der Waals surface area contributed by atoms with E-state index in [1.165, 1.54) is 21.9 Å². The van der Waals surface area contributed by atoms with Crippen molar-refractivity contribution in [1.29, 1.82) is 0 Å². The number of benzene rings is 9. The molecule has 0 aliphatic rings. The first-order valence-corrected chi connectivity index (χ1v) is 18.7. The fraction of sp³-hybridized carbons (Fsp3) is 0. The monoisotopic (exact) mass is 703 g/mol. The first-order chi connectivity index (χ1) is 27.2. The van der Waals surface area contributed by atoms with Crippen LogP contribution in [0, 0.1) is 0 Å². The van der Waals surface area contributed by atoms with Crippen LogP contribution in [-0.4, -0.2) is 0 Å². The van der Waals surface area contributed by atoms with Crippen LogP contribution in [0.25, 0.3) is 88.0 Å². The van der Waals surface area contributed by atoms with E-state index in [9.17, 15) is 0 Å². The number of fused-ring (bicyclic) bond motifs is 7. The van der Waals surface area contributed by atoms with Crippen molar-refractivity contribution >= 4 is 71.7 Å². The van der Waals surface area contributed by atoms with Gasteiger partial charge in [-0.25, -0.2) is 0 Å². The smallest absolute Gasteiger partial charge is 0.143 e. The lowest BCUT2D eigenvalue weighted by molar-refractivity contribution is 0.669. The SMILES string of the molecule is c1cc(-c2cccc3oc4ccccc4c23)cc(N(c2ccc(-c3ccc4ccccc4c3)cc2)c2ccc(-c3cccc4c3oc3ccccc34)cc2)c1. The number of rotatable bonds is 6. The molecule has 0 bridgehead atoms. The number of furan rings is 2. The summed E-state index contributed by atoms with van der Waals surface area (Å²) in [6, 6.07) is 71.0. The van der Waals surface area contributed by atoms with Gasteiger partial charge in [0.15, 0.2) is 0 Å². The van der Waals surface area contributed by atoms with Gasteiger partial charge in [-0.15, -0.1) is 0 Å². The fourth-order valence-electron chi connectivity index (χ4n) is 8.21. The second-order valence-electron chi connectivity index (χ2n) is 14.1. The van der Waals surface area contributed by atoms with Gasteiger partial charge in [0.2, 0.25) is 0 Å². The maximum Gasteiger partial charge on any atom is 0.143 e. The van der Waals surface area contributed by atoms with Gasteiger partial charge < -0.3 is 13.7 Å². The summed E-state index contributed by atoms with van der Waals surface area (Å²) < 4.78 is 12.7. The summed E-state index contributed by atoms with van der Waals surface area (Å²) in [4.78, 5) is 2.34. The van der Waals surface area contributed by atoms with E-state index in [0.717, 1.165) is 83.2 Å². The summed E-state index contributed by atoms with van der Waals surface area (Å²) >= 11 is 0.